The Bertz CT molecular complexity index is 4750. The summed E-state index contributed by atoms with van der Waals surface area (Å²) in [6, 6.07) is 27.5. The molecule has 15 nitrogen and oxygen atoms in total. The third-order valence-corrected chi connectivity index (χ3v) is 21.8. The molecular weight excluding hydrogens is 1160 g/mol. The topological polar surface area (TPSA) is 132 Å². The number of fused-ring (bicyclic) bond motifs is 12. The number of imidazole rings is 3. The number of rotatable bonds is 16. The maximum Gasteiger partial charge on any atom is 0.449 e. The Morgan fingerprint density at radius 1 is 0.813 bits per heavy atom. The fraction of sp³-hybridized carbons (Fsp3) is 0.347. The Kier molecular flexibility index (Phi) is 14.8. The molecule has 0 radical (unpaired) electrons. The maximum absolute atomic E-state index is 14.5. The van der Waals surface area contributed by atoms with Crippen LogP contribution in [-0.4, -0.2) is 78.9 Å². The molecule has 0 spiro atoms. The number of anilines is 2. The zero-order chi connectivity index (χ0) is 62.6. The van der Waals surface area contributed by atoms with E-state index < -0.39 is 18.1 Å². The lowest BCUT2D eigenvalue weighted by Gasteiger charge is -2.34. The Hall–Kier alpha value is -8.89. The van der Waals surface area contributed by atoms with Crippen LogP contribution >= 0.6 is 8.58 Å². The van der Waals surface area contributed by atoms with Gasteiger partial charge in [0.2, 0.25) is 5.84 Å². The Balaban J connectivity index is 0.876. The predicted octanol–water partition coefficient (Wildman–Crippen LogP) is 13.2. The number of pyridine rings is 2. The summed E-state index contributed by atoms with van der Waals surface area (Å²) in [6.45, 7) is 9.36. The van der Waals surface area contributed by atoms with Crippen molar-refractivity contribution in [3.05, 3.63) is 189 Å². The van der Waals surface area contributed by atoms with Crippen molar-refractivity contribution >= 4 is 82.6 Å². The van der Waals surface area contributed by atoms with Gasteiger partial charge in [0, 0.05) is 96.5 Å². The standard InChI is InChI=1S/C72H76F3N15P/c1-9-55-42(2)43(3)78-69-67-49(36-40-89(55)69)47(25-27-53(67)76-37-33-65-86(7)58-23-14-15-24-59(58)87(65)8)61(30-32-64-81-52-19-11-13-22-57(52)85(64)6)91-62-29-26-46(48-35-39-88-44(4)82-83-70(88)68(48)62)50(28-31-63-80-51-18-10-12-21-56(51)84(63)5)79-54-20-16-17-45-34-38-90-60(66(45)54)41-77-71(90)72(73,74)75/h10-11,14-20,23-27,29,34-36,38-40,43,50,60-61,78-79,91H,9,12-13,21-22,28,30-33,37,41H2,1-8H3/q+1. The monoisotopic (exact) mass is 1240 g/mol. The van der Waals surface area contributed by atoms with Gasteiger partial charge in [0.25, 0.3) is 5.82 Å². The quantitative estimate of drug-likeness (QED) is 0.0727. The summed E-state index contributed by atoms with van der Waals surface area (Å²) in [5.74, 6) is 4.26. The van der Waals surface area contributed by atoms with Crippen molar-refractivity contribution in [2.75, 3.05) is 23.7 Å². The van der Waals surface area contributed by atoms with Gasteiger partial charge in [-0.15, -0.1) is 10.2 Å². The van der Waals surface area contributed by atoms with E-state index >= 15 is 0 Å². The average Bonchev–Trinajstić information content (AvgIpc) is 1.75. The van der Waals surface area contributed by atoms with Gasteiger partial charge in [0.15, 0.2) is 16.7 Å². The Morgan fingerprint density at radius 2 is 1.56 bits per heavy atom. The van der Waals surface area contributed by atoms with E-state index in [4.69, 9.17) is 25.2 Å². The van der Waals surface area contributed by atoms with Crippen LogP contribution in [0.5, 0.6) is 0 Å². The number of nitrogens with zero attached hydrogens (tertiary/aromatic N) is 13. The molecule has 5 atom stereocenters. The second-order valence-corrected chi connectivity index (χ2v) is 26.7. The molecule has 2 N–H and O–H groups in total. The molecule has 0 fully saturated rings. The van der Waals surface area contributed by atoms with Crippen molar-refractivity contribution < 1.29 is 17.7 Å². The molecule has 7 aliphatic rings. The van der Waals surface area contributed by atoms with Crippen LogP contribution < -0.4 is 25.9 Å². The van der Waals surface area contributed by atoms with Crippen LogP contribution in [0.3, 0.4) is 0 Å². The number of allylic oxidation sites excluding steroid dienone is 3. The predicted molar refractivity (Wildman–Crippen MR) is 360 cm³/mol. The second-order valence-electron chi connectivity index (χ2n) is 25.1. The van der Waals surface area contributed by atoms with Gasteiger partial charge in [-0.1, -0.05) is 70.1 Å². The molecule has 0 amide bonds. The number of hydrogen-bond acceptors (Lipinski definition) is 9. The lowest BCUT2D eigenvalue weighted by Crippen LogP contribution is -2.37. The molecule has 15 rings (SSSR count). The van der Waals surface area contributed by atoms with Gasteiger partial charge in [-0.2, -0.15) is 13.2 Å². The molecule has 464 valence electrons. The number of amidine groups is 1. The van der Waals surface area contributed by atoms with Gasteiger partial charge in [-0.25, -0.2) is 19.1 Å². The molecule has 8 aromatic rings. The number of benzene rings is 4. The van der Waals surface area contributed by atoms with Crippen molar-refractivity contribution in [1.82, 2.24) is 47.7 Å². The van der Waals surface area contributed by atoms with Crippen molar-refractivity contribution in [3.63, 3.8) is 0 Å². The molecule has 0 saturated heterocycles. The highest BCUT2D eigenvalue weighted by molar-refractivity contribution is 7.48. The number of hydrogen-bond donors (Lipinski definition) is 2. The van der Waals surface area contributed by atoms with Gasteiger partial charge in [-0.05, 0) is 159 Å². The van der Waals surface area contributed by atoms with Crippen molar-refractivity contribution in [2.24, 2.45) is 38.2 Å². The largest absolute Gasteiger partial charge is 0.449 e. The first-order valence-electron chi connectivity index (χ1n) is 32.1. The molecule has 5 unspecified atom stereocenters. The summed E-state index contributed by atoms with van der Waals surface area (Å²) >= 11 is 0. The molecule has 91 heavy (non-hydrogen) atoms. The van der Waals surface area contributed by atoms with Gasteiger partial charge >= 0.3 is 6.18 Å². The van der Waals surface area contributed by atoms with Crippen molar-refractivity contribution in [3.8, 4) is 11.1 Å². The zero-order valence-corrected chi connectivity index (χ0v) is 53.9. The zero-order valence-electron chi connectivity index (χ0n) is 52.9. The van der Waals surface area contributed by atoms with E-state index in [2.05, 4.69) is 189 Å². The highest BCUT2D eigenvalue weighted by Gasteiger charge is 2.47. The van der Waals surface area contributed by atoms with Gasteiger partial charge in [0.1, 0.15) is 23.3 Å². The molecule has 0 saturated carbocycles. The first-order valence-corrected chi connectivity index (χ1v) is 33.2. The average molecular weight is 1240 g/mol. The lowest BCUT2D eigenvalue weighted by atomic mass is 9.92. The van der Waals surface area contributed by atoms with E-state index in [9.17, 15) is 13.2 Å². The minimum atomic E-state index is -4.59. The molecule has 4 aliphatic heterocycles. The number of halogens is 3. The molecule has 5 aromatic heterocycles. The maximum atomic E-state index is 14.5. The third kappa shape index (κ3) is 10.0. The van der Waals surface area contributed by atoms with E-state index in [0.717, 1.165) is 136 Å². The number of aromatic nitrogens is 10. The minimum Gasteiger partial charge on any atom is -0.378 e. The Labute approximate surface area is 529 Å². The molecule has 9 heterocycles. The number of aliphatic imine (C=N–C) groups is 1. The number of para-hydroxylation sites is 2. The summed E-state index contributed by atoms with van der Waals surface area (Å²) in [6.07, 6.45) is 20.2. The second kappa shape index (κ2) is 23.1. The summed E-state index contributed by atoms with van der Waals surface area (Å²) < 4.78 is 57.3. The smallest absolute Gasteiger partial charge is 0.378 e. The normalized spacial score (nSPS) is 17.8. The van der Waals surface area contributed by atoms with Crippen LogP contribution in [0.25, 0.3) is 62.5 Å². The molecule has 3 aromatic carbocycles. The lowest BCUT2D eigenvalue weighted by molar-refractivity contribution is -0.653. The summed E-state index contributed by atoms with van der Waals surface area (Å²) in [4.78, 5) is 21.4. The van der Waals surface area contributed by atoms with Crippen LogP contribution in [0, 0.1) is 6.92 Å². The highest BCUT2D eigenvalue weighted by Crippen LogP contribution is 2.48. The third-order valence-electron chi connectivity index (χ3n) is 20.1. The van der Waals surface area contributed by atoms with Gasteiger partial charge in [0.05, 0.1) is 62.4 Å². The van der Waals surface area contributed by atoms with Crippen molar-refractivity contribution in [2.45, 2.75) is 122 Å². The van der Waals surface area contributed by atoms with E-state index in [-0.39, 0.29) is 32.9 Å². The first-order chi connectivity index (χ1) is 44.1. The molecule has 3 aliphatic carbocycles. The van der Waals surface area contributed by atoms with Crippen molar-refractivity contribution in [1.29, 1.82) is 0 Å². The summed E-state index contributed by atoms with van der Waals surface area (Å²) in [7, 11) is 8.88. The van der Waals surface area contributed by atoms with E-state index in [1.807, 2.05) is 25.1 Å². The van der Waals surface area contributed by atoms with E-state index in [0.29, 0.717) is 19.4 Å². The Morgan fingerprint density at radius 3 is 2.30 bits per heavy atom. The summed E-state index contributed by atoms with van der Waals surface area (Å²) in [5, 5.41) is 21.9. The fourth-order valence-electron chi connectivity index (χ4n) is 15.3. The van der Waals surface area contributed by atoms with Crippen LogP contribution in [-0.2, 0) is 60.3 Å². The molecule has 0 bridgehead atoms. The summed E-state index contributed by atoms with van der Waals surface area (Å²) in [5.41, 5.74) is 17.5. The van der Waals surface area contributed by atoms with Crippen LogP contribution in [0.1, 0.15) is 139 Å². The van der Waals surface area contributed by atoms with Crippen LogP contribution in [0.4, 0.5) is 24.7 Å². The number of alkyl halides is 3. The van der Waals surface area contributed by atoms with E-state index in [1.54, 1.807) is 6.08 Å². The van der Waals surface area contributed by atoms with Gasteiger partial charge in [-0.3, -0.25) is 14.4 Å². The molecule has 19 heteroatoms. The SMILES string of the molecule is CCC1=C(C)C(C)Nc2c3c(=NCCc4n(C)c5ccccc5[n+]4C)ccc(C(CCc4nc5c(n4C)CCC=C5)Pc4ccc(C(CCc5nc6c(n5C)CCC=C6)Nc5cccc6c5C5CN=C(C(F)(F)F)N5C=C6)c5ccn6c(C)nnc6c45)c-3ccn21. The number of nitrogens with one attached hydrogen (secondary N) is 2. The number of aryl methyl sites for hydroxylation is 5. The fourth-order valence-corrected chi connectivity index (χ4v) is 16.9. The van der Waals surface area contributed by atoms with Gasteiger partial charge < -0.3 is 29.2 Å². The van der Waals surface area contributed by atoms with Crippen LogP contribution in [0.15, 0.2) is 125 Å². The van der Waals surface area contributed by atoms with E-state index in [1.165, 1.54) is 67.0 Å². The highest BCUT2D eigenvalue weighted by atomic mass is 31.1. The first kappa shape index (κ1) is 58.5. The minimum absolute atomic E-state index is 0.00355. The molecular formula is C72H76F3N15P+. The van der Waals surface area contributed by atoms with Crippen LogP contribution in [0.2, 0.25) is 0 Å².